The molecule has 2 heterocycles. The molecule has 4 unspecified atom stereocenters. The van der Waals surface area contributed by atoms with E-state index >= 15 is 0 Å². The average Bonchev–Trinajstić information content (AvgIpc) is 3.49. The lowest BCUT2D eigenvalue weighted by molar-refractivity contribution is 0.378. The van der Waals surface area contributed by atoms with E-state index in [1.807, 2.05) is 0 Å². The summed E-state index contributed by atoms with van der Waals surface area (Å²) in [4.78, 5) is 5.41. The first-order chi connectivity index (χ1) is 21.5. The third-order valence-electron chi connectivity index (χ3n) is 9.98. The molecule has 0 amide bonds. The summed E-state index contributed by atoms with van der Waals surface area (Å²) >= 11 is 4.25. The Balaban J connectivity index is 1.33. The van der Waals surface area contributed by atoms with Crippen LogP contribution in [0.5, 0.6) is 0 Å². The molecule has 2 aliphatic heterocycles. The average molecular weight is 635 g/mol. The van der Waals surface area contributed by atoms with Gasteiger partial charge in [-0.1, -0.05) is 107 Å². The number of hydrogen-bond donors (Lipinski definition) is 0. The zero-order valence-corrected chi connectivity index (χ0v) is 30.2. The van der Waals surface area contributed by atoms with E-state index in [1.54, 1.807) is 0 Å². The van der Waals surface area contributed by atoms with E-state index in [-0.39, 0.29) is 5.41 Å². The second kappa shape index (κ2) is 12.8. The van der Waals surface area contributed by atoms with Crippen molar-refractivity contribution in [2.45, 2.75) is 102 Å². The molecule has 4 heteroatoms. The Bertz CT molecular complexity index is 1640. The van der Waals surface area contributed by atoms with Crippen LogP contribution in [0, 0.1) is 26.2 Å². The molecule has 236 valence electrons. The van der Waals surface area contributed by atoms with Gasteiger partial charge in [0.15, 0.2) is 0 Å². The van der Waals surface area contributed by atoms with Crippen LogP contribution in [0.3, 0.4) is 0 Å². The quantitative estimate of drug-likeness (QED) is 0.208. The van der Waals surface area contributed by atoms with E-state index in [0.717, 1.165) is 6.42 Å². The van der Waals surface area contributed by atoms with Crippen LogP contribution in [0.1, 0.15) is 91.1 Å². The molecule has 0 aromatic heterocycles. The van der Waals surface area contributed by atoms with Crippen LogP contribution < -0.4 is 9.80 Å². The minimum absolute atomic E-state index is 0.153. The van der Waals surface area contributed by atoms with Gasteiger partial charge in [0.2, 0.25) is 0 Å². The van der Waals surface area contributed by atoms with Crippen LogP contribution in [-0.4, -0.2) is 22.7 Å². The maximum absolute atomic E-state index is 2.72. The lowest BCUT2D eigenvalue weighted by Crippen LogP contribution is -2.42. The predicted molar refractivity (Wildman–Crippen MR) is 200 cm³/mol. The van der Waals surface area contributed by atoms with Gasteiger partial charge in [0, 0.05) is 28.7 Å². The Labute approximate surface area is 281 Å². The number of benzene rings is 4. The second-order valence-corrected chi connectivity index (χ2v) is 17.1. The van der Waals surface area contributed by atoms with Gasteiger partial charge in [-0.15, -0.1) is 23.5 Å². The highest BCUT2D eigenvalue weighted by Gasteiger charge is 2.45. The fourth-order valence-electron chi connectivity index (χ4n) is 7.46. The van der Waals surface area contributed by atoms with Crippen molar-refractivity contribution in [1.29, 1.82) is 0 Å². The maximum Gasteiger partial charge on any atom is 0.102 e. The van der Waals surface area contributed by atoms with Crippen molar-refractivity contribution in [3.8, 4) is 0 Å². The highest BCUT2D eigenvalue weighted by Crippen LogP contribution is 2.54. The van der Waals surface area contributed by atoms with Crippen LogP contribution >= 0.6 is 23.5 Å². The minimum atomic E-state index is 0.153. The molecular weight excluding hydrogens is 585 g/mol. The Morgan fingerprint density at radius 3 is 2.00 bits per heavy atom. The molecule has 0 N–H and O–H groups in total. The highest BCUT2D eigenvalue weighted by molar-refractivity contribution is 8.00. The third-order valence-corrected chi connectivity index (χ3v) is 13.7. The summed E-state index contributed by atoms with van der Waals surface area (Å²) in [6.45, 7) is 21.3. The molecule has 0 spiro atoms. The van der Waals surface area contributed by atoms with Gasteiger partial charge in [0.25, 0.3) is 0 Å². The molecule has 2 fully saturated rings. The number of thioether (sulfide) groups is 2. The first-order valence-electron chi connectivity index (χ1n) is 16.6. The van der Waals surface area contributed by atoms with Crippen molar-refractivity contribution in [2.75, 3.05) is 9.80 Å². The van der Waals surface area contributed by atoms with Crippen LogP contribution in [0.2, 0.25) is 0 Å². The first kappa shape index (κ1) is 32.1. The molecule has 4 aromatic carbocycles. The van der Waals surface area contributed by atoms with Gasteiger partial charge in [-0.05, 0) is 97.5 Å². The van der Waals surface area contributed by atoms with E-state index in [0.29, 0.717) is 33.3 Å². The molecule has 0 bridgehead atoms. The number of aryl methyl sites for hydroxylation is 3. The lowest BCUT2D eigenvalue weighted by Gasteiger charge is -2.38. The standard InChI is InChI=1S/C41H50N2S2/c1-26-16-13-14-21-35(26)42-29(4)31(6)44-39(42)37-27(2)17-15-20-34(37)25-32-22-23-36(28(3)24-32)43-30(5)38(33-18-11-10-12-19-33)45-40(43)41(7,8)9/h10-24,29-31,38-40H,25H2,1-9H3/t29-,30-,31?,38?,39?,40?/m0/s1. The molecule has 4 aromatic rings. The van der Waals surface area contributed by atoms with Gasteiger partial charge in [0.1, 0.15) is 5.37 Å². The zero-order valence-electron chi connectivity index (χ0n) is 28.5. The van der Waals surface area contributed by atoms with Gasteiger partial charge in [-0.2, -0.15) is 0 Å². The van der Waals surface area contributed by atoms with Crippen LogP contribution in [0.15, 0.2) is 91.0 Å². The second-order valence-electron chi connectivity index (χ2n) is 14.4. The molecule has 2 nitrogen and oxygen atoms in total. The molecule has 0 radical (unpaired) electrons. The normalized spacial score (nSPS) is 25.3. The molecule has 0 saturated carbocycles. The number of anilines is 2. The molecule has 2 aliphatic rings. The molecule has 6 atom stereocenters. The van der Waals surface area contributed by atoms with Crippen molar-refractivity contribution in [3.63, 3.8) is 0 Å². The van der Waals surface area contributed by atoms with E-state index in [1.165, 1.54) is 50.3 Å². The zero-order chi connectivity index (χ0) is 32.0. The van der Waals surface area contributed by atoms with E-state index in [2.05, 4.69) is 187 Å². The minimum Gasteiger partial charge on any atom is -0.355 e. The van der Waals surface area contributed by atoms with Gasteiger partial charge < -0.3 is 9.80 Å². The fourth-order valence-corrected chi connectivity index (χ4v) is 10.9. The summed E-state index contributed by atoms with van der Waals surface area (Å²) in [7, 11) is 0. The fraction of sp³-hybridized carbons (Fsp3) is 0.415. The monoisotopic (exact) mass is 634 g/mol. The predicted octanol–water partition coefficient (Wildman–Crippen LogP) is 11.3. The van der Waals surface area contributed by atoms with Gasteiger partial charge in [0.05, 0.1) is 10.6 Å². The summed E-state index contributed by atoms with van der Waals surface area (Å²) in [5, 5.41) is 1.72. The van der Waals surface area contributed by atoms with Crippen molar-refractivity contribution in [2.24, 2.45) is 5.41 Å². The number of nitrogens with zero attached hydrogens (tertiary/aromatic N) is 2. The SMILES string of the molecule is Cc1ccccc1N1C(c2c(C)cccc2Cc2ccc(N3C(C(C)(C)C)SC(c4ccccc4)[C@@H]3C)c(C)c2)SC(C)[C@@H]1C. The number of para-hydroxylation sites is 1. The van der Waals surface area contributed by atoms with Crippen LogP contribution in [0.4, 0.5) is 11.4 Å². The van der Waals surface area contributed by atoms with Crippen LogP contribution in [-0.2, 0) is 6.42 Å². The molecule has 6 rings (SSSR count). The van der Waals surface area contributed by atoms with Crippen molar-refractivity contribution >= 4 is 34.9 Å². The number of rotatable bonds is 6. The molecular formula is C41H50N2S2. The molecule has 0 aliphatic carbocycles. The molecule has 45 heavy (non-hydrogen) atoms. The third kappa shape index (κ3) is 6.17. The van der Waals surface area contributed by atoms with Gasteiger partial charge in [-0.25, -0.2) is 0 Å². The Morgan fingerprint density at radius 2 is 1.31 bits per heavy atom. The smallest absolute Gasteiger partial charge is 0.102 e. The lowest BCUT2D eigenvalue weighted by atomic mass is 9.92. The summed E-state index contributed by atoms with van der Waals surface area (Å²) in [6.07, 6.45) is 0.944. The summed E-state index contributed by atoms with van der Waals surface area (Å²) in [5.74, 6) is 0. The maximum atomic E-state index is 2.72. The Morgan fingerprint density at radius 1 is 0.644 bits per heavy atom. The van der Waals surface area contributed by atoms with Crippen LogP contribution in [0.25, 0.3) is 0 Å². The van der Waals surface area contributed by atoms with Gasteiger partial charge in [-0.3, -0.25) is 0 Å². The highest BCUT2D eigenvalue weighted by atomic mass is 32.2. The van der Waals surface area contributed by atoms with Crippen molar-refractivity contribution < 1.29 is 0 Å². The number of hydrogen-bond acceptors (Lipinski definition) is 4. The topological polar surface area (TPSA) is 6.48 Å². The van der Waals surface area contributed by atoms with E-state index in [4.69, 9.17) is 0 Å². The summed E-state index contributed by atoms with van der Waals surface area (Å²) in [6, 6.07) is 35.1. The summed E-state index contributed by atoms with van der Waals surface area (Å²) in [5.41, 5.74) is 12.8. The van der Waals surface area contributed by atoms with E-state index < -0.39 is 0 Å². The van der Waals surface area contributed by atoms with Gasteiger partial charge >= 0.3 is 0 Å². The Kier molecular flexibility index (Phi) is 9.11. The van der Waals surface area contributed by atoms with Crippen molar-refractivity contribution in [1.82, 2.24) is 0 Å². The van der Waals surface area contributed by atoms with Crippen molar-refractivity contribution in [3.05, 3.63) is 130 Å². The van der Waals surface area contributed by atoms with E-state index in [9.17, 15) is 0 Å². The molecule has 2 saturated heterocycles. The first-order valence-corrected chi connectivity index (χ1v) is 18.5. The summed E-state index contributed by atoms with van der Waals surface area (Å²) < 4.78 is 0. The Hall–Kier alpha value is -2.82. The largest absolute Gasteiger partial charge is 0.355 e.